The Balaban J connectivity index is 2.37. The second-order valence-electron chi connectivity index (χ2n) is 4.14. The van der Waals surface area contributed by atoms with Crippen molar-refractivity contribution >= 4 is 38.9 Å². The molecule has 7 heteroatoms. The lowest BCUT2D eigenvalue weighted by atomic mass is 10.3. The van der Waals surface area contributed by atoms with Crippen LogP contribution >= 0.6 is 23.2 Å². The quantitative estimate of drug-likeness (QED) is 0.883. The van der Waals surface area contributed by atoms with Gasteiger partial charge in [0.05, 0.1) is 17.2 Å². The highest BCUT2D eigenvalue weighted by atomic mass is 35.5. The molecule has 0 amide bonds. The maximum absolute atomic E-state index is 12.4. The van der Waals surface area contributed by atoms with Gasteiger partial charge in [-0.3, -0.25) is 4.72 Å². The van der Waals surface area contributed by atoms with E-state index >= 15 is 0 Å². The Labute approximate surface area is 133 Å². The van der Waals surface area contributed by atoms with Crippen LogP contribution in [0.25, 0.3) is 0 Å². The SMILES string of the molecule is CCOc1ccccc1NS(=O)(=O)c1cc(Cl)cc(Cl)c1. The molecule has 0 fully saturated rings. The largest absolute Gasteiger partial charge is 0.492 e. The first-order valence-electron chi connectivity index (χ1n) is 6.13. The lowest BCUT2D eigenvalue weighted by molar-refractivity contribution is 0.342. The Hall–Kier alpha value is -1.43. The van der Waals surface area contributed by atoms with Gasteiger partial charge in [0.15, 0.2) is 0 Å². The summed E-state index contributed by atoms with van der Waals surface area (Å²) in [5, 5.41) is 0.502. The van der Waals surface area contributed by atoms with Gasteiger partial charge in [0.1, 0.15) is 5.75 Å². The number of hydrogen-bond donors (Lipinski definition) is 1. The van der Waals surface area contributed by atoms with Crippen LogP contribution in [0.1, 0.15) is 6.92 Å². The first-order valence-corrected chi connectivity index (χ1v) is 8.37. The molecule has 4 nitrogen and oxygen atoms in total. The number of ether oxygens (including phenoxy) is 1. The van der Waals surface area contributed by atoms with Crippen molar-refractivity contribution in [1.82, 2.24) is 0 Å². The average molecular weight is 346 g/mol. The van der Waals surface area contributed by atoms with Gasteiger partial charge in [0.2, 0.25) is 0 Å². The molecule has 1 N–H and O–H groups in total. The molecule has 0 saturated carbocycles. The maximum Gasteiger partial charge on any atom is 0.262 e. The van der Waals surface area contributed by atoms with Crippen LogP contribution in [0.5, 0.6) is 5.75 Å². The fraction of sp³-hybridized carbons (Fsp3) is 0.143. The number of para-hydroxylation sites is 2. The summed E-state index contributed by atoms with van der Waals surface area (Å²) >= 11 is 11.7. The number of benzene rings is 2. The van der Waals surface area contributed by atoms with Crippen LogP contribution in [-0.4, -0.2) is 15.0 Å². The molecule has 2 aromatic rings. The standard InChI is InChI=1S/C14H13Cl2NO3S/c1-2-20-14-6-4-3-5-13(14)17-21(18,19)12-8-10(15)7-11(16)9-12/h3-9,17H,2H2,1H3. The zero-order valence-electron chi connectivity index (χ0n) is 11.1. The Morgan fingerprint density at radius 1 is 1.10 bits per heavy atom. The number of rotatable bonds is 5. The fourth-order valence-electron chi connectivity index (χ4n) is 1.72. The molecular formula is C14H13Cl2NO3S. The van der Waals surface area contributed by atoms with E-state index in [1.165, 1.54) is 18.2 Å². The zero-order chi connectivity index (χ0) is 15.5. The van der Waals surface area contributed by atoms with Crippen molar-refractivity contribution in [2.24, 2.45) is 0 Å². The molecule has 0 unspecified atom stereocenters. The summed E-state index contributed by atoms with van der Waals surface area (Å²) in [6, 6.07) is 10.9. The minimum absolute atomic E-state index is 0.00805. The summed E-state index contributed by atoms with van der Waals surface area (Å²) in [7, 11) is -3.80. The van der Waals surface area contributed by atoms with E-state index in [1.54, 1.807) is 24.3 Å². The van der Waals surface area contributed by atoms with E-state index in [0.29, 0.717) is 18.0 Å². The third-order valence-corrected chi connectivity index (χ3v) is 4.36. The molecule has 0 heterocycles. The Bertz CT molecular complexity index is 727. The molecule has 0 spiro atoms. The van der Waals surface area contributed by atoms with Crippen LogP contribution in [-0.2, 0) is 10.0 Å². The molecule has 0 radical (unpaired) electrons. The molecule has 2 aromatic carbocycles. The molecule has 21 heavy (non-hydrogen) atoms. The van der Waals surface area contributed by atoms with Crippen molar-refractivity contribution in [1.29, 1.82) is 0 Å². The molecule has 2 rings (SSSR count). The van der Waals surface area contributed by atoms with Gasteiger partial charge in [-0.2, -0.15) is 0 Å². The predicted molar refractivity (Wildman–Crippen MR) is 84.9 cm³/mol. The maximum atomic E-state index is 12.4. The van der Waals surface area contributed by atoms with Gasteiger partial charge in [-0.1, -0.05) is 35.3 Å². The third-order valence-electron chi connectivity index (χ3n) is 2.58. The van der Waals surface area contributed by atoms with Crippen molar-refractivity contribution in [3.63, 3.8) is 0 Å². The van der Waals surface area contributed by atoms with Crippen molar-refractivity contribution in [3.8, 4) is 5.75 Å². The Kier molecular flexibility index (Phi) is 4.98. The number of halogens is 2. The lowest BCUT2D eigenvalue weighted by Gasteiger charge is -2.13. The normalized spacial score (nSPS) is 11.2. The second-order valence-corrected chi connectivity index (χ2v) is 6.70. The van der Waals surface area contributed by atoms with E-state index in [9.17, 15) is 8.42 Å². The summed E-state index contributed by atoms with van der Waals surface area (Å²) in [4.78, 5) is -0.00805. The van der Waals surface area contributed by atoms with E-state index in [2.05, 4.69) is 4.72 Å². The highest BCUT2D eigenvalue weighted by molar-refractivity contribution is 7.92. The molecule has 0 aliphatic heterocycles. The minimum atomic E-state index is -3.80. The first-order chi connectivity index (χ1) is 9.92. The fourth-order valence-corrected chi connectivity index (χ4v) is 3.52. The van der Waals surface area contributed by atoms with Crippen LogP contribution in [0.2, 0.25) is 10.0 Å². The average Bonchev–Trinajstić information content (AvgIpc) is 2.40. The monoisotopic (exact) mass is 345 g/mol. The summed E-state index contributed by atoms with van der Waals surface area (Å²) < 4.78 is 32.6. The predicted octanol–water partition coefficient (Wildman–Crippen LogP) is 4.19. The number of hydrogen-bond acceptors (Lipinski definition) is 3. The van der Waals surface area contributed by atoms with Crippen LogP contribution in [0.15, 0.2) is 47.4 Å². The highest BCUT2D eigenvalue weighted by Gasteiger charge is 2.17. The summed E-state index contributed by atoms with van der Waals surface area (Å²) in [5.74, 6) is 0.455. The summed E-state index contributed by atoms with van der Waals surface area (Å²) in [6.07, 6.45) is 0. The topological polar surface area (TPSA) is 55.4 Å². The Morgan fingerprint density at radius 2 is 1.71 bits per heavy atom. The van der Waals surface area contributed by atoms with Crippen LogP contribution < -0.4 is 9.46 Å². The van der Waals surface area contributed by atoms with Crippen molar-refractivity contribution in [2.75, 3.05) is 11.3 Å². The first kappa shape index (κ1) is 15.9. The molecule has 0 aliphatic rings. The molecule has 0 atom stereocenters. The molecule has 0 bridgehead atoms. The van der Waals surface area contributed by atoms with Crippen molar-refractivity contribution < 1.29 is 13.2 Å². The van der Waals surface area contributed by atoms with E-state index in [0.717, 1.165) is 0 Å². The van der Waals surface area contributed by atoms with Crippen molar-refractivity contribution in [3.05, 3.63) is 52.5 Å². The van der Waals surface area contributed by atoms with Gasteiger partial charge in [-0.15, -0.1) is 0 Å². The van der Waals surface area contributed by atoms with Gasteiger partial charge >= 0.3 is 0 Å². The Morgan fingerprint density at radius 3 is 2.33 bits per heavy atom. The molecule has 112 valence electrons. The molecular weight excluding hydrogens is 333 g/mol. The van der Waals surface area contributed by atoms with E-state index in [4.69, 9.17) is 27.9 Å². The molecule has 0 aromatic heterocycles. The third kappa shape index (κ3) is 4.03. The second kappa shape index (κ2) is 6.56. The van der Waals surface area contributed by atoms with E-state index in [1.807, 2.05) is 6.92 Å². The number of anilines is 1. The van der Waals surface area contributed by atoms with Gasteiger partial charge in [0.25, 0.3) is 10.0 Å². The molecule has 0 saturated heterocycles. The summed E-state index contributed by atoms with van der Waals surface area (Å²) in [5.41, 5.74) is 0.357. The number of sulfonamides is 1. The zero-order valence-corrected chi connectivity index (χ0v) is 13.5. The van der Waals surface area contributed by atoms with Crippen LogP contribution in [0, 0.1) is 0 Å². The van der Waals surface area contributed by atoms with Gasteiger partial charge in [-0.25, -0.2) is 8.42 Å². The minimum Gasteiger partial charge on any atom is -0.492 e. The van der Waals surface area contributed by atoms with Crippen molar-refractivity contribution in [2.45, 2.75) is 11.8 Å². The van der Waals surface area contributed by atoms with Gasteiger partial charge in [0, 0.05) is 10.0 Å². The van der Waals surface area contributed by atoms with Crippen LogP contribution in [0.3, 0.4) is 0 Å². The van der Waals surface area contributed by atoms with Gasteiger partial charge < -0.3 is 4.74 Å². The lowest BCUT2D eigenvalue weighted by Crippen LogP contribution is -2.14. The summed E-state index contributed by atoms with van der Waals surface area (Å²) in [6.45, 7) is 2.25. The molecule has 0 aliphatic carbocycles. The number of nitrogens with one attached hydrogen (secondary N) is 1. The van der Waals surface area contributed by atoms with E-state index in [-0.39, 0.29) is 14.9 Å². The highest BCUT2D eigenvalue weighted by Crippen LogP contribution is 2.28. The van der Waals surface area contributed by atoms with Crippen LogP contribution in [0.4, 0.5) is 5.69 Å². The van der Waals surface area contributed by atoms with E-state index < -0.39 is 10.0 Å². The van der Waals surface area contributed by atoms with Gasteiger partial charge in [-0.05, 0) is 37.3 Å². The smallest absolute Gasteiger partial charge is 0.262 e.